The molecule has 3 heterocycles. The number of H-pyrrole nitrogens is 1. The number of tetrazole rings is 1. The minimum atomic E-state index is -5.85. The van der Waals surface area contributed by atoms with Crippen molar-refractivity contribution in [3.05, 3.63) is 340 Å². The van der Waals surface area contributed by atoms with Gasteiger partial charge in [-0.15, -0.1) is 30.6 Å². The number of hydrogen-bond acceptors (Lipinski definition) is 11. The summed E-state index contributed by atoms with van der Waals surface area (Å²) in [6.07, 6.45) is 1.34. The molecule has 0 saturated heterocycles. The first-order valence-electron chi connectivity index (χ1n) is 34.6. The molecular formula is C80H68Br6F12N8O8P2. The fourth-order valence-electron chi connectivity index (χ4n) is 13.6. The SMILES string of the molecule is CC(F)(F)c1ccc(CC(Cc2ccc(C(C)(F)F)c(Br)c2)(c2ccccc2)c2nn[nH]n2)cc1Br.Cc1nnc(C(Cc2ccc(C(C)(F)F)c(Br)c2)(Cc2ccc(C(C)(F)F)c(Br)c2)c2ccccc2)o1.Cc1nnc(C(Cc2ccc(C(F)(F)P(=O)(O)O)c(Br)c2)(Cc2ccc(C(F)(F)P(=O)(O)O)c(Br)c2)c2ccccc2)o1. The predicted molar refractivity (Wildman–Crippen MR) is 431 cm³/mol. The highest BCUT2D eigenvalue weighted by Crippen LogP contribution is 2.62. The smallest absolute Gasteiger partial charge is 0.399 e. The molecule has 0 saturated carbocycles. The number of nitrogens with one attached hydrogen (secondary N) is 1. The van der Waals surface area contributed by atoms with Crippen LogP contribution in [0, 0.1) is 13.8 Å². The first-order chi connectivity index (χ1) is 54.0. The van der Waals surface area contributed by atoms with E-state index in [0.717, 1.165) is 73.2 Å². The summed E-state index contributed by atoms with van der Waals surface area (Å²) in [6.45, 7) is 6.64. The van der Waals surface area contributed by atoms with E-state index in [4.69, 9.17) is 8.83 Å². The van der Waals surface area contributed by atoms with Crippen LogP contribution in [0.4, 0.5) is 52.7 Å². The molecule has 0 spiro atoms. The normalized spacial score (nSPS) is 12.9. The van der Waals surface area contributed by atoms with E-state index in [0.29, 0.717) is 77.9 Å². The summed E-state index contributed by atoms with van der Waals surface area (Å²) in [7, 11) is -11.7. The topological polar surface area (TPSA) is 247 Å². The van der Waals surface area contributed by atoms with Crippen LogP contribution in [0.5, 0.6) is 0 Å². The number of alkyl halides is 12. The van der Waals surface area contributed by atoms with Crippen LogP contribution in [0.1, 0.15) is 141 Å². The van der Waals surface area contributed by atoms with E-state index in [1.54, 1.807) is 92.7 Å². The second-order valence-electron chi connectivity index (χ2n) is 28.0. The number of nitrogens with zero attached hydrogens (tertiary/aromatic N) is 7. The molecule has 116 heavy (non-hydrogen) atoms. The van der Waals surface area contributed by atoms with Crippen LogP contribution in [0.15, 0.2) is 236 Å². The molecule has 0 radical (unpaired) electrons. The number of halogens is 18. The van der Waals surface area contributed by atoms with Gasteiger partial charge in [-0.25, -0.2) is 35.1 Å². The van der Waals surface area contributed by atoms with Crippen LogP contribution in [0.2, 0.25) is 0 Å². The Balaban J connectivity index is 0.000000185. The van der Waals surface area contributed by atoms with E-state index in [1.165, 1.54) is 48.5 Å². The van der Waals surface area contributed by atoms with Crippen molar-refractivity contribution in [1.29, 1.82) is 0 Å². The molecular weight excluding hydrogens is 1970 g/mol. The maximum atomic E-state index is 14.5. The summed E-state index contributed by atoms with van der Waals surface area (Å²) in [5.41, 5.74) is -8.07. The third kappa shape index (κ3) is 20.7. The molecule has 12 aromatic rings. The van der Waals surface area contributed by atoms with E-state index in [2.05, 4.69) is 137 Å². The molecule has 5 N–H and O–H groups in total. The Morgan fingerprint density at radius 2 is 0.569 bits per heavy atom. The quantitative estimate of drug-likeness (QED) is 0.0250. The van der Waals surface area contributed by atoms with Crippen LogP contribution >= 0.6 is 111 Å². The van der Waals surface area contributed by atoms with E-state index in [9.17, 15) is 81.4 Å². The van der Waals surface area contributed by atoms with Crippen LogP contribution in [-0.4, -0.2) is 60.6 Å². The molecule has 3 aromatic heterocycles. The van der Waals surface area contributed by atoms with Gasteiger partial charge in [0.1, 0.15) is 0 Å². The lowest BCUT2D eigenvalue weighted by Gasteiger charge is -2.32. The summed E-state index contributed by atoms with van der Waals surface area (Å²) < 4.78 is 206. The average Bonchev–Trinajstić information content (AvgIpc) is 1.28. The van der Waals surface area contributed by atoms with Crippen molar-refractivity contribution >= 4 is 111 Å². The van der Waals surface area contributed by atoms with Crippen molar-refractivity contribution < 1.29 is 90.2 Å². The Morgan fingerprint density at radius 1 is 0.336 bits per heavy atom. The Hall–Kier alpha value is -7.33. The molecule has 0 bridgehead atoms. The van der Waals surface area contributed by atoms with Crippen molar-refractivity contribution in [1.82, 2.24) is 41.0 Å². The average molecular weight is 2040 g/mol. The lowest BCUT2D eigenvalue weighted by atomic mass is 9.70. The molecule has 16 nitrogen and oxygen atoms in total. The van der Waals surface area contributed by atoms with Gasteiger partial charge in [-0.05, 0) is 125 Å². The van der Waals surface area contributed by atoms with Crippen LogP contribution in [-0.2, 0) is 98.9 Å². The summed E-state index contributed by atoms with van der Waals surface area (Å²) in [4.78, 5) is 36.8. The minimum Gasteiger partial charge on any atom is -0.425 e. The summed E-state index contributed by atoms with van der Waals surface area (Å²) in [5.74, 6) is -10.6. The number of aromatic amines is 1. The zero-order valence-electron chi connectivity index (χ0n) is 61.5. The molecule has 12 rings (SSSR count). The first-order valence-corrected chi connectivity index (χ1v) is 42.6. The summed E-state index contributed by atoms with van der Waals surface area (Å²) in [5, 5.41) is 31.5. The molecule has 0 fully saturated rings. The molecule has 0 aliphatic heterocycles. The third-order valence-electron chi connectivity index (χ3n) is 19.1. The predicted octanol–water partition coefficient (Wildman–Crippen LogP) is 23.7. The van der Waals surface area contributed by atoms with Crippen molar-refractivity contribution in [3.8, 4) is 0 Å². The highest BCUT2D eigenvalue weighted by atomic mass is 79.9. The molecule has 9 aromatic carbocycles. The van der Waals surface area contributed by atoms with E-state index in [-0.39, 0.29) is 55.8 Å². The zero-order valence-corrected chi connectivity index (χ0v) is 72.9. The fraction of sp³-hybridized carbons (Fsp3) is 0.263. The summed E-state index contributed by atoms with van der Waals surface area (Å²) >= 11 is 19.2. The van der Waals surface area contributed by atoms with Gasteiger partial charge < -0.3 is 28.4 Å². The molecule has 0 unspecified atom stereocenters. The van der Waals surface area contributed by atoms with Gasteiger partial charge in [0.2, 0.25) is 23.6 Å². The standard InChI is InChI=1S/C28H24Br2F4N2O.C26H22Br2F4N4.C26H22Br2F4N2O7P2/c1-17-35-36-25(37-17)28(20-7-5-4-6-8-20,15-18-9-11-21(23(29)13-18)26(2,31)32)16-19-10-12-22(24(30)14-19)27(3,33)34;1-24(29,30)19-10-8-16(12-21(19)27)14-26(23-33-35-36-34-23,18-6-4-3-5-7-18)15-17-9-11-20(22(28)13-17)25(2,31)32;1-15-33-34-23(41-15)24(18-5-3-2-4-6-18,13-16-7-9-19(21(27)11-16)25(29,30)42(35,36)37)14-17-8-10-20(22(28)12-17)26(31,32)43(38,39)40/h4-14H,15-16H2,1-3H3;3-13H,14-15H2,1-2H3,(H,33,34,35,36);2-12H,13-14H2,1H3,(H2,35,36,37)(H2,38,39,40). The maximum absolute atomic E-state index is 14.5. The van der Waals surface area contributed by atoms with Gasteiger partial charge in [-0.3, -0.25) is 9.13 Å². The van der Waals surface area contributed by atoms with Gasteiger partial charge >= 0.3 is 26.5 Å². The van der Waals surface area contributed by atoms with Crippen LogP contribution < -0.4 is 0 Å². The molecule has 612 valence electrons. The molecule has 0 aliphatic rings. The lowest BCUT2D eigenvalue weighted by molar-refractivity contribution is 0.0160. The van der Waals surface area contributed by atoms with Gasteiger partial charge in [0, 0.05) is 102 Å². The second kappa shape index (κ2) is 35.5. The Labute approximate surface area is 707 Å². The van der Waals surface area contributed by atoms with Crippen molar-refractivity contribution in [2.45, 2.75) is 131 Å². The van der Waals surface area contributed by atoms with Gasteiger partial charge in [0.05, 0.1) is 16.2 Å². The van der Waals surface area contributed by atoms with E-state index >= 15 is 0 Å². The van der Waals surface area contributed by atoms with Gasteiger partial charge in [-0.2, -0.15) is 22.8 Å². The lowest BCUT2D eigenvalue weighted by Crippen LogP contribution is -2.35. The first kappa shape index (κ1) is 91.0. The van der Waals surface area contributed by atoms with Crippen LogP contribution in [0.3, 0.4) is 0 Å². The minimum absolute atomic E-state index is 0.00296. The Kier molecular flexibility index (Phi) is 27.9. The number of aromatic nitrogens is 8. The van der Waals surface area contributed by atoms with E-state index < -0.39 is 77.6 Å². The highest BCUT2D eigenvalue weighted by molar-refractivity contribution is 9.11. The highest BCUT2D eigenvalue weighted by Gasteiger charge is 2.54. The van der Waals surface area contributed by atoms with Crippen LogP contribution in [0.25, 0.3) is 0 Å². The Morgan fingerprint density at radius 3 is 0.767 bits per heavy atom. The van der Waals surface area contributed by atoms with E-state index in [1.807, 2.05) is 60.7 Å². The zero-order chi connectivity index (χ0) is 85.2. The number of rotatable bonds is 26. The monoisotopic (exact) mass is 2030 g/mol. The van der Waals surface area contributed by atoms with Crippen molar-refractivity contribution in [2.75, 3.05) is 0 Å². The van der Waals surface area contributed by atoms with Gasteiger partial charge in [0.25, 0.3) is 23.7 Å². The molecule has 0 amide bonds. The number of hydrogen-bond donors (Lipinski definition) is 5. The fourth-order valence-corrected chi connectivity index (χ4v) is 19.4. The van der Waals surface area contributed by atoms with Crippen molar-refractivity contribution in [2.24, 2.45) is 0 Å². The Bertz CT molecular complexity index is 5340. The van der Waals surface area contributed by atoms with Gasteiger partial charge in [0.15, 0.2) is 5.82 Å². The maximum Gasteiger partial charge on any atom is 0.399 e. The third-order valence-corrected chi connectivity index (χ3v) is 25.0. The second-order valence-corrected chi connectivity index (χ2v) is 36.4. The largest absolute Gasteiger partial charge is 0.425 e. The number of aryl methyl sites for hydroxylation is 2. The summed E-state index contributed by atoms with van der Waals surface area (Å²) in [6, 6.07) is 53.6. The molecule has 0 atom stereocenters. The van der Waals surface area contributed by atoms with Gasteiger partial charge in [-0.1, -0.05) is 265 Å². The number of benzene rings is 9. The molecule has 36 heteroatoms. The van der Waals surface area contributed by atoms with Crippen molar-refractivity contribution in [3.63, 3.8) is 0 Å². The molecule has 0 aliphatic carbocycles.